The van der Waals surface area contributed by atoms with Crippen LogP contribution >= 0.6 is 22.7 Å². The molecule has 0 atom stereocenters. The fraction of sp³-hybridized carbons (Fsp3) is 0. The van der Waals surface area contributed by atoms with Crippen LogP contribution in [0.25, 0.3) is 208 Å². The standard InChI is InChI=1S/2C52H33N3S/c1-5-17-34(18-6-1)41-29-38(52-53-45(36-21-9-3-10-22-36)32-46(54-52)37-23-11-4-12-24-37)30-42(35-19-7-2-8-20-35)51(41)55-47-27-15-13-25-39(47)43-31-44-40-26-14-16-28-49(40)56-50(44)33-48(43)55;1-5-17-34(18-6-1)43-31-38(52-53-45(36-21-9-3-10-22-36)33-46(54-52)37-23-11-4-12-24-37)32-44(35-19-7-2-8-20-35)49(43)55-47-27-15-13-25-39(47)41-29-30-42-40-26-14-16-28-48(40)56-51(42)50(41)55/h2*1-33H. The lowest BCUT2D eigenvalue weighted by Gasteiger charge is -2.21. The highest BCUT2D eigenvalue weighted by Gasteiger charge is 2.28. The van der Waals surface area contributed by atoms with Gasteiger partial charge in [0.15, 0.2) is 11.6 Å². The van der Waals surface area contributed by atoms with Crippen molar-refractivity contribution in [2.24, 2.45) is 0 Å². The number of aromatic nitrogens is 6. The molecule has 0 unspecified atom stereocenters. The van der Waals surface area contributed by atoms with E-state index < -0.39 is 0 Å². The summed E-state index contributed by atoms with van der Waals surface area (Å²) in [6, 6.07) is 143. The van der Waals surface area contributed by atoms with Gasteiger partial charge in [0.25, 0.3) is 0 Å². The fourth-order valence-corrected chi connectivity index (χ4v) is 18.8. The maximum Gasteiger partial charge on any atom is 0.160 e. The second-order valence-corrected chi connectivity index (χ2v) is 30.4. The van der Waals surface area contributed by atoms with E-state index in [4.69, 9.17) is 19.9 Å². The Morgan fingerprint density at radius 1 is 0.188 bits per heavy atom. The van der Waals surface area contributed by atoms with Crippen LogP contribution < -0.4 is 0 Å². The minimum Gasteiger partial charge on any atom is -0.308 e. The summed E-state index contributed by atoms with van der Waals surface area (Å²) in [7, 11) is 0. The van der Waals surface area contributed by atoms with E-state index in [-0.39, 0.29) is 0 Å². The normalized spacial score (nSPS) is 11.6. The Labute approximate surface area is 655 Å². The van der Waals surface area contributed by atoms with Crippen LogP contribution in [0.15, 0.2) is 400 Å². The topological polar surface area (TPSA) is 61.4 Å². The molecule has 22 rings (SSSR count). The molecule has 16 aromatic carbocycles. The van der Waals surface area contributed by atoms with Gasteiger partial charge in [-0.2, -0.15) is 0 Å². The maximum atomic E-state index is 5.31. The molecule has 0 saturated heterocycles. The van der Waals surface area contributed by atoms with Crippen molar-refractivity contribution in [3.63, 3.8) is 0 Å². The summed E-state index contributed by atoms with van der Waals surface area (Å²) in [5, 5.41) is 10.1. The third kappa shape index (κ3) is 11.7. The number of hydrogen-bond donors (Lipinski definition) is 0. The van der Waals surface area contributed by atoms with Gasteiger partial charge in [0, 0.05) is 113 Å². The number of benzene rings is 16. The second kappa shape index (κ2) is 28.1. The molecular weight excluding hydrogens is 1400 g/mol. The first-order valence-electron chi connectivity index (χ1n) is 37.8. The first-order valence-corrected chi connectivity index (χ1v) is 39.5. The van der Waals surface area contributed by atoms with E-state index >= 15 is 0 Å². The molecule has 22 aromatic rings. The quantitative estimate of drug-likeness (QED) is 0.122. The van der Waals surface area contributed by atoms with Gasteiger partial charge in [-0.25, -0.2) is 19.9 Å². The predicted octanol–water partition coefficient (Wildman–Crippen LogP) is 28.6. The predicted molar refractivity (Wildman–Crippen MR) is 473 cm³/mol. The zero-order valence-corrected chi connectivity index (χ0v) is 62.2. The molecule has 0 amide bonds. The van der Waals surface area contributed by atoms with E-state index in [2.05, 4.69) is 385 Å². The minimum absolute atomic E-state index is 0.681. The summed E-state index contributed by atoms with van der Waals surface area (Å²) in [6.45, 7) is 0. The minimum atomic E-state index is 0.681. The highest BCUT2D eigenvalue weighted by molar-refractivity contribution is 7.27. The van der Waals surface area contributed by atoms with Gasteiger partial charge >= 0.3 is 0 Å². The average Bonchev–Trinajstić information content (AvgIpc) is 1.55. The third-order valence-electron chi connectivity index (χ3n) is 21.6. The third-order valence-corrected chi connectivity index (χ3v) is 23.9. The van der Waals surface area contributed by atoms with Gasteiger partial charge in [0.05, 0.1) is 60.9 Å². The average molecular weight is 1460 g/mol. The molecular formula is C104H66N6S2. The highest BCUT2D eigenvalue weighted by atomic mass is 32.1. The summed E-state index contributed by atoms with van der Waals surface area (Å²) in [5.41, 5.74) is 25.6. The second-order valence-electron chi connectivity index (χ2n) is 28.3. The Morgan fingerprint density at radius 3 is 0.911 bits per heavy atom. The summed E-state index contributed by atoms with van der Waals surface area (Å²) in [5.74, 6) is 1.36. The Hall–Kier alpha value is -14.3. The Balaban J connectivity index is 0.000000141. The molecule has 112 heavy (non-hydrogen) atoms. The molecule has 0 radical (unpaired) electrons. The molecule has 6 heterocycles. The van der Waals surface area contributed by atoms with E-state index in [1.165, 1.54) is 84.0 Å². The van der Waals surface area contributed by atoms with Crippen molar-refractivity contribution in [2.75, 3.05) is 0 Å². The number of para-hydroxylation sites is 2. The largest absolute Gasteiger partial charge is 0.308 e. The van der Waals surface area contributed by atoms with Crippen LogP contribution in [0.3, 0.4) is 0 Å². The molecule has 0 aliphatic heterocycles. The van der Waals surface area contributed by atoms with Crippen LogP contribution in [-0.2, 0) is 0 Å². The first kappa shape index (κ1) is 66.0. The zero-order chi connectivity index (χ0) is 74.0. The molecule has 0 saturated carbocycles. The molecule has 0 aliphatic rings. The fourth-order valence-electron chi connectivity index (χ4n) is 16.4. The SMILES string of the molecule is c1ccc(-c2cc(-c3ccccc3)nc(-c3cc(-c4ccccc4)c(-n4c5ccccc5c5cc6c(cc54)sc4ccccc46)c(-c4ccccc4)c3)n2)cc1.c1ccc(-c2cc(-c3ccccc3)nc(-c3cc(-c4ccccc4)c(-n4c5ccccc5c5ccc6c7ccccc7sc6c54)c(-c4ccccc4)c3)n2)cc1. The van der Waals surface area contributed by atoms with Gasteiger partial charge in [0.1, 0.15) is 0 Å². The van der Waals surface area contributed by atoms with Crippen molar-refractivity contribution < 1.29 is 0 Å². The van der Waals surface area contributed by atoms with Crippen molar-refractivity contribution in [1.82, 2.24) is 29.1 Å². The van der Waals surface area contributed by atoms with Crippen molar-refractivity contribution in [1.29, 1.82) is 0 Å². The molecule has 0 bridgehead atoms. The monoisotopic (exact) mass is 1460 g/mol. The number of rotatable bonds is 12. The molecule has 0 aliphatic carbocycles. The van der Waals surface area contributed by atoms with Crippen LogP contribution in [0.4, 0.5) is 0 Å². The molecule has 6 aromatic heterocycles. The van der Waals surface area contributed by atoms with Gasteiger partial charge in [-0.3, -0.25) is 0 Å². The number of fused-ring (bicyclic) bond motifs is 13. The number of nitrogens with zero attached hydrogens (tertiary/aromatic N) is 6. The van der Waals surface area contributed by atoms with E-state index in [0.29, 0.717) is 11.6 Å². The van der Waals surface area contributed by atoms with E-state index in [1.807, 2.05) is 46.9 Å². The molecule has 8 heteroatoms. The first-order chi connectivity index (χ1) is 55.5. The Morgan fingerprint density at radius 2 is 0.500 bits per heavy atom. The van der Waals surface area contributed by atoms with Crippen molar-refractivity contribution in [3.8, 4) is 124 Å². The summed E-state index contributed by atoms with van der Waals surface area (Å²) in [4.78, 5) is 21.2. The van der Waals surface area contributed by atoms with Gasteiger partial charge in [-0.15, -0.1) is 22.7 Å². The van der Waals surface area contributed by atoms with Gasteiger partial charge < -0.3 is 9.13 Å². The van der Waals surface area contributed by atoms with Gasteiger partial charge in [-0.1, -0.05) is 328 Å². The Bertz CT molecular complexity index is 7090. The van der Waals surface area contributed by atoms with Crippen LogP contribution in [0.1, 0.15) is 0 Å². The number of thiophene rings is 2. The summed E-state index contributed by atoms with van der Waals surface area (Å²) < 4.78 is 10.2. The highest BCUT2D eigenvalue weighted by Crippen LogP contribution is 2.50. The van der Waals surface area contributed by atoms with E-state index in [1.54, 1.807) is 0 Å². The maximum absolute atomic E-state index is 5.31. The Kier molecular flexibility index (Phi) is 16.5. The summed E-state index contributed by atoms with van der Waals surface area (Å²) >= 11 is 3.74. The van der Waals surface area contributed by atoms with Crippen LogP contribution in [0.2, 0.25) is 0 Å². The summed E-state index contributed by atoms with van der Waals surface area (Å²) in [6.07, 6.45) is 0. The van der Waals surface area contributed by atoms with E-state index in [9.17, 15) is 0 Å². The van der Waals surface area contributed by atoms with Crippen LogP contribution in [0.5, 0.6) is 0 Å². The van der Waals surface area contributed by atoms with E-state index in [0.717, 1.165) is 112 Å². The van der Waals surface area contributed by atoms with Crippen LogP contribution in [0, 0.1) is 0 Å². The number of hydrogen-bond acceptors (Lipinski definition) is 6. The molecule has 0 N–H and O–H groups in total. The molecule has 524 valence electrons. The van der Waals surface area contributed by atoms with Crippen LogP contribution in [-0.4, -0.2) is 29.1 Å². The molecule has 0 spiro atoms. The van der Waals surface area contributed by atoms with Gasteiger partial charge in [-0.05, 0) is 95.1 Å². The molecule has 0 fully saturated rings. The van der Waals surface area contributed by atoms with Crippen molar-refractivity contribution >= 4 is 107 Å². The van der Waals surface area contributed by atoms with Crippen molar-refractivity contribution in [3.05, 3.63) is 400 Å². The van der Waals surface area contributed by atoms with Gasteiger partial charge in [0.2, 0.25) is 0 Å². The lowest BCUT2D eigenvalue weighted by Crippen LogP contribution is -2.03. The molecule has 6 nitrogen and oxygen atoms in total. The smallest absolute Gasteiger partial charge is 0.160 e. The zero-order valence-electron chi connectivity index (χ0n) is 60.6. The van der Waals surface area contributed by atoms with Crippen molar-refractivity contribution in [2.45, 2.75) is 0 Å². The lowest BCUT2D eigenvalue weighted by atomic mass is 9.92. The lowest BCUT2D eigenvalue weighted by molar-refractivity contribution is 1.17.